The van der Waals surface area contributed by atoms with Crippen LogP contribution in [-0.2, 0) is 4.79 Å². The van der Waals surface area contributed by atoms with Gasteiger partial charge in [-0.15, -0.1) is 0 Å². The van der Waals surface area contributed by atoms with E-state index in [1.807, 2.05) is 12.1 Å². The molecule has 0 aromatic heterocycles. The van der Waals surface area contributed by atoms with Crippen molar-refractivity contribution in [2.45, 2.75) is 39.7 Å². The predicted molar refractivity (Wildman–Crippen MR) is 117 cm³/mol. The van der Waals surface area contributed by atoms with Crippen LogP contribution in [0.1, 0.15) is 39.2 Å². The van der Waals surface area contributed by atoms with Crippen molar-refractivity contribution in [3.8, 4) is 5.75 Å². The first-order valence-electron chi connectivity index (χ1n) is 9.63. The number of hydrazone groups is 1. The number of rotatable bonds is 10. The van der Waals surface area contributed by atoms with Crippen LogP contribution >= 0.6 is 11.6 Å². The number of carbonyl (C=O) groups is 1. The summed E-state index contributed by atoms with van der Waals surface area (Å²) in [6, 6.07) is 15.1. The number of nitrogens with zero attached hydrogens (tertiary/aromatic N) is 2. The molecule has 1 atom stereocenters. The molecule has 0 radical (unpaired) electrons. The number of hydrogen-bond donors (Lipinski definition) is 1. The van der Waals surface area contributed by atoms with Gasteiger partial charge in [0.2, 0.25) is 0 Å². The molecule has 0 spiro atoms. The maximum Gasteiger partial charge on any atom is 0.280 e. The first kappa shape index (κ1) is 21.8. The molecule has 5 nitrogen and oxygen atoms in total. The van der Waals surface area contributed by atoms with Gasteiger partial charge in [0.1, 0.15) is 5.75 Å². The molecular weight excluding hydrogens is 374 g/mol. The van der Waals surface area contributed by atoms with Crippen LogP contribution in [0.5, 0.6) is 5.75 Å². The zero-order valence-electron chi connectivity index (χ0n) is 16.7. The van der Waals surface area contributed by atoms with Crippen molar-refractivity contribution in [2.75, 3.05) is 18.0 Å². The third-order valence-corrected chi connectivity index (χ3v) is 4.35. The van der Waals surface area contributed by atoms with Gasteiger partial charge in [-0.05, 0) is 55.7 Å². The first-order valence-corrected chi connectivity index (χ1v) is 10.0. The lowest BCUT2D eigenvalue weighted by Crippen LogP contribution is -2.33. The second kappa shape index (κ2) is 11.3. The molecule has 2 aromatic carbocycles. The van der Waals surface area contributed by atoms with E-state index in [4.69, 9.17) is 16.3 Å². The lowest BCUT2D eigenvalue weighted by atomic mass is 10.2. The van der Waals surface area contributed by atoms with E-state index in [1.54, 1.807) is 37.4 Å². The summed E-state index contributed by atoms with van der Waals surface area (Å²) < 4.78 is 5.57. The monoisotopic (exact) mass is 401 g/mol. The van der Waals surface area contributed by atoms with Crippen molar-refractivity contribution in [1.82, 2.24) is 5.43 Å². The molecule has 2 aromatic rings. The Morgan fingerprint density at radius 2 is 1.86 bits per heavy atom. The normalized spacial score (nSPS) is 12.0. The van der Waals surface area contributed by atoms with Crippen molar-refractivity contribution < 1.29 is 9.53 Å². The largest absolute Gasteiger partial charge is 0.481 e. The quantitative estimate of drug-likeness (QED) is 0.455. The van der Waals surface area contributed by atoms with Crippen LogP contribution in [0.4, 0.5) is 5.69 Å². The fourth-order valence-corrected chi connectivity index (χ4v) is 2.92. The van der Waals surface area contributed by atoms with E-state index in [1.165, 1.54) is 5.69 Å². The highest BCUT2D eigenvalue weighted by Gasteiger charge is 2.14. The molecule has 0 bridgehead atoms. The number of ether oxygens (including phenoxy) is 1. The third kappa shape index (κ3) is 6.89. The average molecular weight is 402 g/mol. The maximum absolute atomic E-state index is 12.1. The highest BCUT2D eigenvalue weighted by Crippen LogP contribution is 2.18. The lowest BCUT2D eigenvalue weighted by Gasteiger charge is -2.23. The van der Waals surface area contributed by atoms with Gasteiger partial charge in [-0.3, -0.25) is 4.79 Å². The molecule has 150 valence electrons. The van der Waals surface area contributed by atoms with Crippen molar-refractivity contribution in [3.05, 3.63) is 59.1 Å². The standard InChI is InChI=1S/C22H28ClN3O2/c1-4-13-26(14-5-2)20-11-9-18(10-12-20)16-24-25-22(27)17(3)28-21-8-6-7-19(23)15-21/h6-12,15-17H,4-5,13-14H2,1-3H3,(H,25,27). The molecule has 0 saturated heterocycles. The van der Waals surface area contributed by atoms with Crippen LogP contribution in [-0.4, -0.2) is 31.3 Å². The predicted octanol–water partition coefficient (Wildman–Crippen LogP) is 4.88. The Morgan fingerprint density at radius 1 is 1.18 bits per heavy atom. The minimum Gasteiger partial charge on any atom is -0.481 e. The van der Waals surface area contributed by atoms with Crippen molar-refractivity contribution in [3.63, 3.8) is 0 Å². The van der Waals surface area contributed by atoms with Crippen molar-refractivity contribution >= 4 is 29.4 Å². The van der Waals surface area contributed by atoms with E-state index in [0.717, 1.165) is 31.5 Å². The van der Waals surface area contributed by atoms with E-state index in [2.05, 4.69) is 41.4 Å². The molecule has 0 fully saturated rings. The Morgan fingerprint density at radius 3 is 2.46 bits per heavy atom. The van der Waals surface area contributed by atoms with Gasteiger partial charge in [-0.25, -0.2) is 5.43 Å². The topological polar surface area (TPSA) is 53.9 Å². The van der Waals surface area contributed by atoms with Gasteiger partial charge in [0, 0.05) is 23.8 Å². The highest BCUT2D eigenvalue weighted by atomic mass is 35.5. The molecule has 0 aliphatic carbocycles. The zero-order chi connectivity index (χ0) is 20.4. The Kier molecular flexibility index (Phi) is 8.82. The minimum atomic E-state index is -0.686. The van der Waals surface area contributed by atoms with Crippen LogP contribution < -0.4 is 15.1 Å². The second-order valence-electron chi connectivity index (χ2n) is 6.53. The van der Waals surface area contributed by atoms with Crippen LogP contribution in [0.3, 0.4) is 0 Å². The summed E-state index contributed by atoms with van der Waals surface area (Å²) in [5.41, 5.74) is 4.63. The summed E-state index contributed by atoms with van der Waals surface area (Å²) in [5.74, 6) is 0.211. The van der Waals surface area contributed by atoms with E-state index in [0.29, 0.717) is 10.8 Å². The van der Waals surface area contributed by atoms with E-state index >= 15 is 0 Å². The Hall–Kier alpha value is -2.53. The number of halogens is 1. The van der Waals surface area contributed by atoms with E-state index in [9.17, 15) is 4.79 Å². The number of carbonyl (C=O) groups excluding carboxylic acids is 1. The van der Waals surface area contributed by atoms with Gasteiger partial charge < -0.3 is 9.64 Å². The molecule has 0 heterocycles. The Bertz CT molecular complexity index is 772. The fraction of sp³-hybridized carbons (Fsp3) is 0.364. The second-order valence-corrected chi connectivity index (χ2v) is 6.97. The van der Waals surface area contributed by atoms with E-state index in [-0.39, 0.29) is 5.91 Å². The molecule has 28 heavy (non-hydrogen) atoms. The number of benzene rings is 2. The summed E-state index contributed by atoms with van der Waals surface area (Å²) in [6.45, 7) is 8.12. The van der Waals surface area contributed by atoms with Crippen LogP contribution in [0.25, 0.3) is 0 Å². The molecule has 0 aliphatic rings. The maximum atomic E-state index is 12.1. The summed E-state index contributed by atoms with van der Waals surface area (Å²) in [4.78, 5) is 14.5. The van der Waals surface area contributed by atoms with Gasteiger partial charge >= 0.3 is 0 Å². The van der Waals surface area contributed by atoms with Crippen molar-refractivity contribution in [1.29, 1.82) is 0 Å². The minimum absolute atomic E-state index is 0.329. The van der Waals surface area contributed by atoms with Gasteiger partial charge in [-0.2, -0.15) is 5.10 Å². The molecule has 2 rings (SSSR count). The van der Waals surface area contributed by atoms with Gasteiger partial charge in [0.05, 0.1) is 6.21 Å². The summed E-state index contributed by atoms with van der Waals surface area (Å²) >= 11 is 5.92. The molecular formula is C22H28ClN3O2. The highest BCUT2D eigenvalue weighted by molar-refractivity contribution is 6.30. The number of nitrogens with one attached hydrogen (secondary N) is 1. The van der Waals surface area contributed by atoms with Crippen LogP contribution in [0.2, 0.25) is 5.02 Å². The summed E-state index contributed by atoms with van der Waals surface area (Å²) in [5, 5.41) is 4.58. The smallest absolute Gasteiger partial charge is 0.280 e. The van der Waals surface area contributed by atoms with Crippen LogP contribution in [0, 0.1) is 0 Å². The molecule has 0 saturated carbocycles. The zero-order valence-corrected chi connectivity index (χ0v) is 17.4. The van der Waals surface area contributed by atoms with Gasteiger partial charge in [0.15, 0.2) is 6.10 Å². The Labute approximate surface area is 172 Å². The molecule has 0 aliphatic heterocycles. The SMILES string of the molecule is CCCN(CCC)c1ccc(C=NNC(=O)C(C)Oc2cccc(Cl)c2)cc1. The van der Waals surface area contributed by atoms with Gasteiger partial charge in [0.25, 0.3) is 5.91 Å². The van der Waals surface area contributed by atoms with E-state index < -0.39 is 6.10 Å². The molecule has 6 heteroatoms. The number of hydrogen-bond acceptors (Lipinski definition) is 4. The summed E-state index contributed by atoms with van der Waals surface area (Å²) in [7, 11) is 0. The molecule has 1 N–H and O–H groups in total. The Balaban J connectivity index is 1.88. The molecule has 1 unspecified atom stereocenters. The lowest BCUT2D eigenvalue weighted by molar-refractivity contribution is -0.127. The van der Waals surface area contributed by atoms with Crippen molar-refractivity contribution in [2.24, 2.45) is 5.10 Å². The third-order valence-electron chi connectivity index (χ3n) is 4.11. The summed E-state index contributed by atoms with van der Waals surface area (Å²) in [6.07, 6.45) is 3.17. The van der Waals surface area contributed by atoms with Crippen LogP contribution in [0.15, 0.2) is 53.6 Å². The average Bonchev–Trinajstić information content (AvgIpc) is 2.68. The number of anilines is 1. The first-order chi connectivity index (χ1) is 13.5. The molecule has 1 amide bonds. The fourth-order valence-electron chi connectivity index (χ4n) is 2.74. The number of amides is 1. The van der Waals surface area contributed by atoms with Gasteiger partial charge in [-0.1, -0.05) is 43.6 Å².